The first-order valence-corrected chi connectivity index (χ1v) is 7.36. The maximum Gasteiger partial charge on any atom is 0.251 e. The summed E-state index contributed by atoms with van der Waals surface area (Å²) < 4.78 is 0. The van der Waals surface area contributed by atoms with Crippen molar-refractivity contribution in [3.63, 3.8) is 0 Å². The highest BCUT2D eigenvalue weighted by atomic mass is 16.1. The van der Waals surface area contributed by atoms with E-state index in [4.69, 9.17) is 0 Å². The highest BCUT2D eigenvalue weighted by molar-refractivity contribution is 5.95. The zero-order chi connectivity index (χ0) is 14.8. The normalized spacial score (nSPS) is 16.4. The Kier molecular flexibility index (Phi) is 3.65. The van der Waals surface area contributed by atoms with E-state index in [0.717, 1.165) is 24.1 Å². The molecule has 0 heterocycles. The van der Waals surface area contributed by atoms with Crippen molar-refractivity contribution in [3.05, 3.63) is 64.7 Å². The van der Waals surface area contributed by atoms with Gasteiger partial charge in [0.2, 0.25) is 0 Å². The van der Waals surface area contributed by atoms with E-state index >= 15 is 0 Å². The lowest BCUT2D eigenvalue weighted by atomic mass is 10.1. The second-order valence-electron chi connectivity index (χ2n) is 5.54. The van der Waals surface area contributed by atoms with Crippen molar-refractivity contribution in [1.29, 1.82) is 0 Å². The number of carbonyl (C=O) groups excluding carboxylic acids is 1. The molecule has 1 atom stereocenters. The Hall–Kier alpha value is -2.29. The first kappa shape index (κ1) is 13.7. The van der Waals surface area contributed by atoms with Crippen LogP contribution < -0.4 is 10.6 Å². The molecule has 1 aliphatic rings. The third-order valence-corrected chi connectivity index (χ3v) is 4.19. The van der Waals surface area contributed by atoms with Gasteiger partial charge in [-0.15, -0.1) is 0 Å². The van der Waals surface area contributed by atoms with Gasteiger partial charge in [-0.3, -0.25) is 4.79 Å². The third-order valence-electron chi connectivity index (χ3n) is 4.19. The Balaban J connectivity index is 1.87. The van der Waals surface area contributed by atoms with E-state index < -0.39 is 0 Å². The standard InChI is InChI=1S/C18H20N2O/c1-12-7-8-14(18(21)19-2)11-17(12)20-16-10-9-13-5-3-4-6-15(13)16/h3-8,11,16,20H,9-10H2,1-2H3,(H,19,21). The molecule has 0 saturated carbocycles. The van der Waals surface area contributed by atoms with E-state index in [9.17, 15) is 4.79 Å². The molecule has 0 spiro atoms. The van der Waals surface area contributed by atoms with Crippen LogP contribution in [-0.2, 0) is 6.42 Å². The molecule has 0 aromatic heterocycles. The van der Waals surface area contributed by atoms with E-state index in [1.54, 1.807) is 7.05 Å². The van der Waals surface area contributed by atoms with Gasteiger partial charge < -0.3 is 10.6 Å². The Morgan fingerprint density at radius 2 is 2.00 bits per heavy atom. The monoisotopic (exact) mass is 280 g/mol. The maximum atomic E-state index is 11.8. The van der Waals surface area contributed by atoms with Crippen LogP contribution in [0.2, 0.25) is 0 Å². The van der Waals surface area contributed by atoms with Crippen molar-refractivity contribution in [2.24, 2.45) is 0 Å². The van der Waals surface area contributed by atoms with Gasteiger partial charge in [-0.25, -0.2) is 0 Å². The smallest absolute Gasteiger partial charge is 0.251 e. The molecule has 0 aliphatic heterocycles. The minimum absolute atomic E-state index is 0.0510. The van der Waals surface area contributed by atoms with E-state index in [2.05, 4.69) is 41.8 Å². The lowest BCUT2D eigenvalue weighted by molar-refractivity contribution is 0.0963. The molecule has 2 N–H and O–H groups in total. The summed E-state index contributed by atoms with van der Waals surface area (Å²) in [6.07, 6.45) is 2.21. The zero-order valence-corrected chi connectivity index (χ0v) is 12.4. The van der Waals surface area contributed by atoms with Crippen LogP contribution in [-0.4, -0.2) is 13.0 Å². The molecular weight excluding hydrogens is 260 g/mol. The fourth-order valence-electron chi connectivity index (χ4n) is 2.96. The number of hydrogen-bond acceptors (Lipinski definition) is 2. The summed E-state index contributed by atoms with van der Waals surface area (Å²) in [6, 6.07) is 14.7. The molecule has 0 fully saturated rings. The molecule has 1 aliphatic carbocycles. The average molecular weight is 280 g/mol. The highest BCUT2D eigenvalue weighted by Gasteiger charge is 2.22. The van der Waals surface area contributed by atoms with Crippen molar-refractivity contribution in [2.45, 2.75) is 25.8 Å². The molecule has 0 saturated heterocycles. The van der Waals surface area contributed by atoms with Gasteiger partial charge in [0.1, 0.15) is 0 Å². The number of carbonyl (C=O) groups is 1. The minimum atomic E-state index is -0.0510. The second kappa shape index (κ2) is 5.60. The van der Waals surface area contributed by atoms with E-state index in [1.165, 1.54) is 11.1 Å². The topological polar surface area (TPSA) is 41.1 Å². The molecule has 3 rings (SSSR count). The summed E-state index contributed by atoms with van der Waals surface area (Å²) in [5.41, 5.74) is 5.69. The Labute approximate surface area is 125 Å². The molecule has 3 nitrogen and oxygen atoms in total. The molecular formula is C18H20N2O. The van der Waals surface area contributed by atoms with Gasteiger partial charge in [0.25, 0.3) is 5.91 Å². The van der Waals surface area contributed by atoms with Crippen LogP contribution in [0.25, 0.3) is 0 Å². The molecule has 0 radical (unpaired) electrons. The quantitative estimate of drug-likeness (QED) is 0.904. The van der Waals surface area contributed by atoms with Gasteiger partial charge in [-0.2, -0.15) is 0 Å². The van der Waals surface area contributed by atoms with E-state index in [0.29, 0.717) is 11.6 Å². The number of rotatable bonds is 3. The van der Waals surface area contributed by atoms with Gasteiger partial charge in [-0.05, 0) is 48.6 Å². The molecule has 21 heavy (non-hydrogen) atoms. The van der Waals surface area contributed by atoms with Gasteiger partial charge in [0.15, 0.2) is 0 Å². The molecule has 108 valence electrons. The van der Waals surface area contributed by atoms with Crippen molar-refractivity contribution >= 4 is 11.6 Å². The number of amides is 1. The first-order valence-electron chi connectivity index (χ1n) is 7.36. The lowest BCUT2D eigenvalue weighted by Crippen LogP contribution is -2.18. The molecule has 3 heteroatoms. The maximum absolute atomic E-state index is 11.8. The molecule has 2 aromatic rings. The first-order chi connectivity index (χ1) is 10.2. The number of benzene rings is 2. The average Bonchev–Trinajstić information content (AvgIpc) is 2.92. The van der Waals surface area contributed by atoms with Crippen LogP contribution >= 0.6 is 0 Å². The zero-order valence-electron chi connectivity index (χ0n) is 12.4. The third kappa shape index (κ3) is 2.64. The molecule has 1 unspecified atom stereocenters. The number of fused-ring (bicyclic) bond motifs is 1. The Bertz CT molecular complexity index is 679. The molecule has 1 amide bonds. The Morgan fingerprint density at radius 1 is 1.19 bits per heavy atom. The van der Waals surface area contributed by atoms with Crippen LogP contribution in [0, 0.1) is 6.92 Å². The summed E-state index contributed by atoms with van der Waals surface area (Å²) in [5.74, 6) is -0.0510. The van der Waals surface area contributed by atoms with E-state index in [-0.39, 0.29) is 5.91 Å². The van der Waals surface area contributed by atoms with Crippen LogP contribution in [0.3, 0.4) is 0 Å². The highest BCUT2D eigenvalue weighted by Crippen LogP contribution is 2.34. The second-order valence-corrected chi connectivity index (χ2v) is 5.54. The number of hydrogen-bond donors (Lipinski definition) is 2. The minimum Gasteiger partial charge on any atom is -0.378 e. The fraction of sp³-hybridized carbons (Fsp3) is 0.278. The summed E-state index contributed by atoms with van der Waals surface area (Å²) in [7, 11) is 1.66. The predicted octanol–water partition coefficient (Wildman–Crippen LogP) is 3.45. The van der Waals surface area contributed by atoms with Crippen molar-refractivity contribution in [1.82, 2.24) is 5.32 Å². The fourth-order valence-corrected chi connectivity index (χ4v) is 2.96. The van der Waals surface area contributed by atoms with Crippen LogP contribution in [0.5, 0.6) is 0 Å². The van der Waals surface area contributed by atoms with Gasteiger partial charge >= 0.3 is 0 Å². The predicted molar refractivity (Wildman–Crippen MR) is 85.7 cm³/mol. The van der Waals surface area contributed by atoms with Gasteiger partial charge in [0, 0.05) is 18.3 Å². The number of nitrogens with one attached hydrogen (secondary N) is 2. The van der Waals surface area contributed by atoms with Crippen molar-refractivity contribution < 1.29 is 4.79 Å². The molecule has 0 bridgehead atoms. The van der Waals surface area contributed by atoms with E-state index in [1.807, 2.05) is 18.2 Å². The largest absolute Gasteiger partial charge is 0.378 e. The Morgan fingerprint density at radius 3 is 2.81 bits per heavy atom. The summed E-state index contributed by atoms with van der Waals surface area (Å²) in [5, 5.41) is 6.28. The SMILES string of the molecule is CNC(=O)c1ccc(C)c(NC2CCc3ccccc32)c1. The lowest BCUT2D eigenvalue weighted by Gasteiger charge is -2.18. The van der Waals surface area contributed by atoms with Gasteiger partial charge in [0.05, 0.1) is 6.04 Å². The molecule has 2 aromatic carbocycles. The number of aryl methyl sites for hydroxylation is 2. The van der Waals surface area contributed by atoms with Crippen LogP contribution in [0.1, 0.15) is 39.5 Å². The summed E-state index contributed by atoms with van der Waals surface area (Å²) in [4.78, 5) is 11.8. The number of anilines is 1. The summed E-state index contributed by atoms with van der Waals surface area (Å²) >= 11 is 0. The summed E-state index contributed by atoms with van der Waals surface area (Å²) in [6.45, 7) is 2.07. The van der Waals surface area contributed by atoms with Gasteiger partial charge in [-0.1, -0.05) is 30.3 Å². The van der Waals surface area contributed by atoms with Crippen LogP contribution in [0.15, 0.2) is 42.5 Å². The van der Waals surface area contributed by atoms with Crippen molar-refractivity contribution in [3.8, 4) is 0 Å². The van der Waals surface area contributed by atoms with Crippen LogP contribution in [0.4, 0.5) is 5.69 Å². The van der Waals surface area contributed by atoms with Crippen molar-refractivity contribution in [2.75, 3.05) is 12.4 Å².